The first-order chi connectivity index (χ1) is 21.3. The van der Waals surface area contributed by atoms with E-state index in [1.165, 1.54) is 0 Å². The van der Waals surface area contributed by atoms with Gasteiger partial charge in [-0.1, -0.05) is 30.8 Å². The SMILES string of the molecule is C=C(C)c1cnc(Nc2ccc(OC)nc2)c(-c2nc(C)nc(N(Cc3ccc(OC)cc3)Cc3ccc(OC)cc3)n2)c1. The summed E-state index contributed by atoms with van der Waals surface area (Å²) in [6.45, 7) is 9.04. The lowest BCUT2D eigenvalue weighted by Gasteiger charge is -2.24. The van der Waals surface area contributed by atoms with E-state index in [2.05, 4.69) is 21.8 Å². The van der Waals surface area contributed by atoms with Crippen LogP contribution in [-0.4, -0.2) is 46.2 Å². The number of nitrogens with zero attached hydrogens (tertiary/aromatic N) is 6. The van der Waals surface area contributed by atoms with Crippen molar-refractivity contribution in [2.75, 3.05) is 31.5 Å². The van der Waals surface area contributed by atoms with Crippen LogP contribution in [0, 0.1) is 6.92 Å². The molecule has 0 amide bonds. The minimum atomic E-state index is 0.488. The highest BCUT2D eigenvalue weighted by Gasteiger charge is 2.19. The highest BCUT2D eigenvalue weighted by atomic mass is 16.5. The van der Waals surface area contributed by atoms with Gasteiger partial charge in [0.25, 0.3) is 0 Å². The van der Waals surface area contributed by atoms with Gasteiger partial charge in [0.15, 0.2) is 5.82 Å². The second kappa shape index (κ2) is 13.6. The van der Waals surface area contributed by atoms with Crippen LogP contribution in [0.4, 0.5) is 17.5 Å². The number of aromatic nitrogens is 5. The predicted molar refractivity (Wildman–Crippen MR) is 172 cm³/mol. The molecule has 5 rings (SSSR count). The van der Waals surface area contributed by atoms with Gasteiger partial charge in [0.2, 0.25) is 11.8 Å². The quantitative estimate of drug-likeness (QED) is 0.170. The summed E-state index contributed by atoms with van der Waals surface area (Å²) in [5.74, 6) is 4.30. The van der Waals surface area contributed by atoms with Gasteiger partial charge in [0, 0.05) is 25.4 Å². The predicted octanol–water partition coefficient (Wildman–Crippen LogP) is 6.65. The highest BCUT2D eigenvalue weighted by molar-refractivity contribution is 5.78. The molecular weight excluding hydrogens is 554 g/mol. The molecule has 2 aromatic carbocycles. The molecule has 3 heterocycles. The first-order valence-corrected chi connectivity index (χ1v) is 14.0. The molecule has 10 heteroatoms. The third-order valence-corrected chi connectivity index (χ3v) is 6.91. The van der Waals surface area contributed by atoms with Crippen LogP contribution in [0.3, 0.4) is 0 Å². The van der Waals surface area contributed by atoms with Crippen molar-refractivity contribution in [3.05, 3.63) is 108 Å². The Bertz CT molecular complexity index is 1680. The molecule has 224 valence electrons. The van der Waals surface area contributed by atoms with Crippen molar-refractivity contribution in [1.82, 2.24) is 24.9 Å². The minimum absolute atomic E-state index is 0.488. The molecule has 0 unspecified atom stereocenters. The number of anilines is 3. The maximum atomic E-state index is 5.36. The van der Waals surface area contributed by atoms with Crippen molar-refractivity contribution in [2.45, 2.75) is 26.9 Å². The van der Waals surface area contributed by atoms with E-state index in [4.69, 9.17) is 34.1 Å². The first-order valence-electron chi connectivity index (χ1n) is 14.0. The molecule has 0 bridgehead atoms. The largest absolute Gasteiger partial charge is 0.497 e. The molecule has 10 nitrogen and oxygen atoms in total. The Kier molecular flexibility index (Phi) is 9.29. The Hall–Kier alpha value is -5.51. The van der Waals surface area contributed by atoms with Crippen LogP contribution in [-0.2, 0) is 13.1 Å². The normalized spacial score (nSPS) is 10.7. The lowest BCUT2D eigenvalue weighted by Crippen LogP contribution is -2.25. The number of ether oxygens (including phenoxy) is 3. The molecule has 0 radical (unpaired) electrons. The molecule has 44 heavy (non-hydrogen) atoms. The van der Waals surface area contributed by atoms with Gasteiger partial charge in [-0.3, -0.25) is 0 Å². The highest BCUT2D eigenvalue weighted by Crippen LogP contribution is 2.31. The van der Waals surface area contributed by atoms with E-state index in [0.717, 1.165) is 39.4 Å². The van der Waals surface area contributed by atoms with E-state index in [0.29, 0.717) is 47.9 Å². The monoisotopic (exact) mass is 589 g/mol. The molecule has 0 atom stereocenters. The number of rotatable bonds is 12. The number of benzene rings is 2. The van der Waals surface area contributed by atoms with Gasteiger partial charge in [0.05, 0.1) is 38.8 Å². The molecule has 5 aromatic rings. The fourth-order valence-corrected chi connectivity index (χ4v) is 4.51. The summed E-state index contributed by atoms with van der Waals surface area (Å²) in [4.78, 5) is 25.7. The Morgan fingerprint density at radius 3 is 1.93 bits per heavy atom. The molecule has 3 aromatic heterocycles. The van der Waals surface area contributed by atoms with E-state index in [9.17, 15) is 0 Å². The number of hydrogen-bond donors (Lipinski definition) is 1. The molecule has 1 N–H and O–H groups in total. The van der Waals surface area contributed by atoms with Gasteiger partial charge in [-0.2, -0.15) is 9.97 Å². The van der Waals surface area contributed by atoms with Gasteiger partial charge in [-0.15, -0.1) is 0 Å². The topological polar surface area (TPSA) is 107 Å². The van der Waals surface area contributed by atoms with Crippen LogP contribution in [0.2, 0.25) is 0 Å². The zero-order valence-electron chi connectivity index (χ0n) is 25.5. The third-order valence-electron chi connectivity index (χ3n) is 6.91. The lowest BCUT2D eigenvalue weighted by atomic mass is 10.1. The number of methoxy groups -OCH3 is 3. The standard InChI is InChI=1S/C34H35N7O3/c1-22(2)26-17-30(32(36-18-26)39-27-11-16-31(44-6)35-19-27)33-37-23(3)38-34(40-33)41(20-24-7-12-28(42-4)13-8-24)21-25-9-14-29(43-5)15-10-25/h7-19H,1,20-21H2,2-6H3,(H,36,39). The Morgan fingerprint density at radius 1 is 0.773 bits per heavy atom. The fourth-order valence-electron chi connectivity index (χ4n) is 4.51. The van der Waals surface area contributed by atoms with Crippen LogP contribution in [0.25, 0.3) is 17.0 Å². The summed E-state index contributed by atoms with van der Waals surface area (Å²) < 4.78 is 15.9. The van der Waals surface area contributed by atoms with Crippen molar-refractivity contribution in [2.24, 2.45) is 0 Å². The molecule has 0 aliphatic rings. The average Bonchev–Trinajstić information content (AvgIpc) is 3.05. The van der Waals surface area contributed by atoms with E-state index in [-0.39, 0.29) is 0 Å². The smallest absolute Gasteiger partial charge is 0.229 e. The third kappa shape index (κ3) is 7.27. The van der Waals surface area contributed by atoms with E-state index in [1.807, 2.05) is 74.5 Å². The molecular formula is C34H35N7O3. The Morgan fingerprint density at radius 2 is 1.41 bits per heavy atom. The maximum absolute atomic E-state index is 5.36. The van der Waals surface area contributed by atoms with Gasteiger partial charge in [-0.05, 0) is 72.5 Å². The van der Waals surface area contributed by atoms with Crippen molar-refractivity contribution >= 4 is 23.0 Å². The molecule has 0 saturated carbocycles. The lowest BCUT2D eigenvalue weighted by molar-refractivity contribution is 0.398. The van der Waals surface area contributed by atoms with Crippen LogP contribution in [0.1, 0.15) is 29.4 Å². The zero-order valence-corrected chi connectivity index (χ0v) is 25.5. The van der Waals surface area contributed by atoms with Crippen molar-refractivity contribution in [1.29, 1.82) is 0 Å². The van der Waals surface area contributed by atoms with Crippen LogP contribution in [0.15, 0.2) is 85.7 Å². The van der Waals surface area contributed by atoms with Crippen LogP contribution >= 0.6 is 0 Å². The van der Waals surface area contributed by atoms with Gasteiger partial charge in [-0.25, -0.2) is 15.0 Å². The fraction of sp³-hybridized carbons (Fsp3) is 0.206. The molecule has 0 aliphatic heterocycles. The van der Waals surface area contributed by atoms with E-state index >= 15 is 0 Å². The number of aryl methyl sites for hydroxylation is 1. The average molecular weight is 590 g/mol. The number of allylic oxidation sites excluding steroid dienone is 1. The van der Waals surface area contributed by atoms with Crippen molar-refractivity contribution in [3.8, 4) is 28.8 Å². The first kappa shape index (κ1) is 30.0. The summed E-state index contributed by atoms with van der Waals surface area (Å²) in [6, 6.07) is 21.6. The summed E-state index contributed by atoms with van der Waals surface area (Å²) in [6.07, 6.45) is 3.46. The summed E-state index contributed by atoms with van der Waals surface area (Å²) in [7, 11) is 4.90. The second-order valence-corrected chi connectivity index (χ2v) is 10.2. The molecule has 0 saturated heterocycles. The molecule has 0 fully saturated rings. The maximum Gasteiger partial charge on any atom is 0.229 e. The van der Waals surface area contributed by atoms with Gasteiger partial charge in [0.1, 0.15) is 23.1 Å². The number of hydrogen-bond acceptors (Lipinski definition) is 10. The summed E-state index contributed by atoms with van der Waals surface area (Å²) in [5, 5.41) is 3.36. The molecule has 0 aliphatic carbocycles. The molecule has 0 spiro atoms. The van der Waals surface area contributed by atoms with E-state index in [1.54, 1.807) is 39.8 Å². The number of nitrogens with one attached hydrogen (secondary N) is 1. The summed E-state index contributed by atoms with van der Waals surface area (Å²) in [5.41, 5.74) is 5.38. The van der Waals surface area contributed by atoms with Crippen LogP contribution < -0.4 is 24.4 Å². The second-order valence-electron chi connectivity index (χ2n) is 10.2. The Balaban J connectivity index is 1.56. The van der Waals surface area contributed by atoms with Crippen molar-refractivity contribution in [3.63, 3.8) is 0 Å². The Labute approximate surface area is 257 Å². The summed E-state index contributed by atoms with van der Waals surface area (Å²) >= 11 is 0. The van der Waals surface area contributed by atoms with Crippen molar-refractivity contribution < 1.29 is 14.2 Å². The van der Waals surface area contributed by atoms with Gasteiger partial charge >= 0.3 is 0 Å². The number of pyridine rings is 2. The van der Waals surface area contributed by atoms with Gasteiger partial charge < -0.3 is 24.4 Å². The zero-order chi connectivity index (χ0) is 31.1. The van der Waals surface area contributed by atoms with Crippen LogP contribution in [0.5, 0.6) is 17.4 Å². The minimum Gasteiger partial charge on any atom is -0.497 e. The van der Waals surface area contributed by atoms with E-state index < -0.39 is 0 Å².